The summed E-state index contributed by atoms with van der Waals surface area (Å²) in [5.41, 5.74) is 0. The zero-order valence-electron chi connectivity index (χ0n) is 8.86. The van der Waals surface area contributed by atoms with Crippen LogP contribution in [0.4, 0.5) is 5.13 Å². The Morgan fingerprint density at radius 1 is 1.60 bits per heavy atom. The molecule has 1 aromatic heterocycles. The molecule has 15 heavy (non-hydrogen) atoms. The van der Waals surface area contributed by atoms with Crippen molar-refractivity contribution < 1.29 is 9.90 Å². The number of nitrogens with one attached hydrogen (secondary N) is 1. The van der Waals surface area contributed by atoms with Crippen molar-refractivity contribution in [3.05, 3.63) is 5.82 Å². The van der Waals surface area contributed by atoms with Gasteiger partial charge in [0.1, 0.15) is 5.82 Å². The molecular formula is C9H15N3O2S. The first-order valence-corrected chi connectivity index (χ1v) is 5.63. The van der Waals surface area contributed by atoms with Crippen molar-refractivity contribution >= 4 is 22.6 Å². The average molecular weight is 229 g/mol. The summed E-state index contributed by atoms with van der Waals surface area (Å²) in [5.74, 6) is 0.550. The van der Waals surface area contributed by atoms with Crippen LogP contribution < -0.4 is 5.32 Å². The number of carboxylic acid groups (broad SMARTS) is 1. The first-order chi connectivity index (χ1) is 7.08. The molecule has 6 heteroatoms. The lowest BCUT2D eigenvalue weighted by Gasteiger charge is -1.99. The van der Waals surface area contributed by atoms with Crippen LogP contribution in [-0.4, -0.2) is 27.0 Å². The van der Waals surface area contributed by atoms with Gasteiger partial charge in [0.2, 0.25) is 5.13 Å². The first-order valence-electron chi connectivity index (χ1n) is 4.86. The van der Waals surface area contributed by atoms with Crippen molar-refractivity contribution in [2.75, 3.05) is 11.9 Å². The number of carboxylic acids is 1. The molecule has 0 aliphatic heterocycles. The Labute approximate surface area is 92.7 Å². The Balaban J connectivity index is 2.36. The summed E-state index contributed by atoms with van der Waals surface area (Å²) in [7, 11) is 0. The Kier molecular flexibility index (Phi) is 4.48. The summed E-state index contributed by atoms with van der Waals surface area (Å²) in [4.78, 5) is 14.5. The largest absolute Gasteiger partial charge is 0.481 e. The number of aromatic nitrogens is 2. The normalized spacial score (nSPS) is 10.6. The highest BCUT2D eigenvalue weighted by Crippen LogP contribution is 2.13. The van der Waals surface area contributed by atoms with Gasteiger partial charge < -0.3 is 10.4 Å². The van der Waals surface area contributed by atoms with E-state index in [0.29, 0.717) is 17.6 Å². The van der Waals surface area contributed by atoms with E-state index in [0.717, 1.165) is 12.2 Å². The monoisotopic (exact) mass is 229 g/mol. The molecule has 0 radical (unpaired) electrons. The number of nitrogens with zero attached hydrogens (tertiary/aromatic N) is 2. The standard InChI is InChI=1S/C9H15N3O2S/c1-6(2)5-7-11-9(15-12-7)10-4-3-8(13)14/h6H,3-5H2,1-2H3,(H,13,14)(H,10,11,12). The molecule has 0 saturated heterocycles. The highest BCUT2D eigenvalue weighted by Gasteiger charge is 2.05. The molecule has 0 aromatic carbocycles. The van der Waals surface area contributed by atoms with E-state index in [4.69, 9.17) is 5.11 Å². The minimum absolute atomic E-state index is 0.0963. The van der Waals surface area contributed by atoms with Gasteiger partial charge in [0, 0.05) is 24.5 Å². The minimum atomic E-state index is -0.811. The first kappa shape index (κ1) is 11.9. The lowest BCUT2D eigenvalue weighted by Crippen LogP contribution is -2.07. The number of aliphatic carboxylic acids is 1. The molecule has 0 unspecified atom stereocenters. The summed E-state index contributed by atoms with van der Waals surface area (Å²) in [6, 6.07) is 0. The molecule has 0 saturated carbocycles. The van der Waals surface area contributed by atoms with Crippen LogP contribution in [0.3, 0.4) is 0 Å². The van der Waals surface area contributed by atoms with E-state index in [1.54, 1.807) is 0 Å². The SMILES string of the molecule is CC(C)Cc1nsc(NCCC(=O)O)n1. The number of hydrogen-bond donors (Lipinski definition) is 2. The second kappa shape index (κ2) is 5.65. The van der Waals surface area contributed by atoms with Crippen LogP contribution in [0.15, 0.2) is 0 Å². The van der Waals surface area contributed by atoms with Gasteiger partial charge in [-0.25, -0.2) is 4.98 Å². The van der Waals surface area contributed by atoms with Gasteiger partial charge in [-0.3, -0.25) is 4.79 Å². The van der Waals surface area contributed by atoms with E-state index in [-0.39, 0.29) is 6.42 Å². The van der Waals surface area contributed by atoms with E-state index in [1.165, 1.54) is 11.5 Å². The van der Waals surface area contributed by atoms with Gasteiger partial charge in [0.15, 0.2) is 0 Å². The zero-order chi connectivity index (χ0) is 11.3. The highest BCUT2D eigenvalue weighted by atomic mass is 32.1. The molecule has 1 heterocycles. The summed E-state index contributed by atoms with van der Waals surface area (Å²) < 4.78 is 4.17. The van der Waals surface area contributed by atoms with Crippen molar-refractivity contribution in [1.82, 2.24) is 9.36 Å². The van der Waals surface area contributed by atoms with Gasteiger partial charge in [0.25, 0.3) is 0 Å². The van der Waals surface area contributed by atoms with E-state index in [9.17, 15) is 4.79 Å². The molecule has 1 rings (SSSR count). The molecule has 84 valence electrons. The number of carbonyl (C=O) groups is 1. The van der Waals surface area contributed by atoms with Gasteiger partial charge >= 0.3 is 5.97 Å². The molecule has 1 aromatic rings. The molecule has 0 fully saturated rings. The molecule has 0 spiro atoms. The van der Waals surface area contributed by atoms with Crippen molar-refractivity contribution in [2.45, 2.75) is 26.7 Å². The van der Waals surface area contributed by atoms with Crippen molar-refractivity contribution in [3.8, 4) is 0 Å². The quantitative estimate of drug-likeness (QED) is 0.775. The van der Waals surface area contributed by atoms with E-state index in [2.05, 4.69) is 28.5 Å². The van der Waals surface area contributed by atoms with Gasteiger partial charge in [-0.1, -0.05) is 13.8 Å². The number of hydrogen-bond acceptors (Lipinski definition) is 5. The van der Waals surface area contributed by atoms with Crippen LogP contribution in [0, 0.1) is 5.92 Å². The van der Waals surface area contributed by atoms with Gasteiger partial charge in [0.05, 0.1) is 6.42 Å². The smallest absolute Gasteiger partial charge is 0.305 e. The second-order valence-electron chi connectivity index (χ2n) is 3.68. The summed E-state index contributed by atoms with van der Waals surface area (Å²) >= 11 is 1.28. The molecule has 0 bridgehead atoms. The van der Waals surface area contributed by atoms with E-state index >= 15 is 0 Å². The van der Waals surface area contributed by atoms with Crippen LogP contribution in [0.25, 0.3) is 0 Å². The predicted octanol–water partition coefficient (Wildman–Crippen LogP) is 1.62. The molecule has 5 nitrogen and oxygen atoms in total. The lowest BCUT2D eigenvalue weighted by molar-refractivity contribution is -0.136. The van der Waals surface area contributed by atoms with Crippen LogP contribution in [0.2, 0.25) is 0 Å². The molecule has 2 N–H and O–H groups in total. The molecule has 0 atom stereocenters. The maximum atomic E-state index is 10.3. The van der Waals surface area contributed by atoms with Crippen LogP contribution in [-0.2, 0) is 11.2 Å². The topological polar surface area (TPSA) is 75.1 Å². The van der Waals surface area contributed by atoms with Crippen LogP contribution >= 0.6 is 11.5 Å². The maximum Gasteiger partial charge on any atom is 0.305 e. The Morgan fingerprint density at radius 3 is 2.93 bits per heavy atom. The number of anilines is 1. The third-order valence-electron chi connectivity index (χ3n) is 1.67. The third kappa shape index (κ3) is 4.73. The lowest BCUT2D eigenvalue weighted by atomic mass is 10.1. The zero-order valence-corrected chi connectivity index (χ0v) is 9.67. The molecular weight excluding hydrogens is 214 g/mol. The number of rotatable bonds is 6. The average Bonchev–Trinajstić information content (AvgIpc) is 2.50. The maximum absolute atomic E-state index is 10.3. The van der Waals surface area contributed by atoms with Gasteiger partial charge in [-0.15, -0.1) is 0 Å². The molecule has 0 amide bonds. The van der Waals surface area contributed by atoms with E-state index in [1.807, 2.05) is 0 Å². The Bertz CT molecular complexity index is 325. The summed E-state index contributed by atoms with van der Waals surface area (Å²) in [6.45, 7) is 4.61. The fraction of sp³-hybridized carbons (Fsp3) is 0.667. The molecule has 0 aliphatic rings. The molecule has 0 aliphatic carbocycles. The summed E-state index contributed by atoms with van der Waals surface area (Å²) in [5, 5.41) is 12.1. The fourth-order valence-corrected chi connectivity index (χ4v) is 1.67. The second-order valence-corrected chi connectivity index (χ2v) is 4.44. The van der Waals surface area contributed by atoms with Crippen LogP contribution in [0.5, 0.6) is 0 Å². The minimum Gasteiger partial charge on any atom is -0.481 e. The Morgan fingerprint density at radius 2 is 2.33 bits per heavy atom. The van der Waals surface area contributed by atoms with E-state index < -0.39 is 5.97 Å². The Hall–Kier alpha value is -1.17. The fourth-order valence-electron chi connectivity index (χ4n) is 1.05. The highest BCUT2D eigenvalue weighted by molar-refractivity contribution is 7.09. The third-order valence-corrected chi connectivity index (χ3v) is 2.38. The van der Waals surface area contributed by atoms with Gasteiger partial charge in [-0.05, 0) is 5.92 Å². The van der Waals surface area contributed by atoms with Crippen molar-refractivity contribution in [3.63, 3.8) is 0 Å². The predicted molar refractivity (Wildman–Crippen MR) is 59.2 cm³/mol. The summed E-state index contributed by atoms with van der Waals surface area (Å²) in [6.07, 6.45) is 0.955. The van der Waals surface area contributed by atoms with Gasteiger partial charge in [-0.2, -0.15) is 4.37 Å². The van der Waals surface area contributed by atoms with Crippen LogP contribution in [0.1, 0.15) is 26.1 Å². The van der Waals surface area contributed by atoms with Crippen molar-refractivity contribution in [2.24, 2.45) is 5.92 Å². The van der Waals surface area contributed by atoms with Crippen molar-refractivity contribution in [1.29, 1.82) is 0 Å².